The van der Waals surface area contributed by atoms with Crippen LogP contribution in [0.5, 0.6) is 0 Å². The fourth-order valence-corrected chi connectivity index (χ4v) is 21.6. The van der Waals surface area contributed by atoms with Crippen LogP contribution in [-0.4, -0.2) is 307 Å². The van der Waals surface area contributed by atoms with Gasteiger partial charge in [0.1, 0.15) is 0 Å². The predicted octanol–water partition coefficient (Wildman–Crippen LogP) is 22.5. The fraction of sp³-hybridized carbons (Fsp3) is 0.782. The molecule has 0 spiro atoms. The molecule has 10 amide bonds. The van der Waals surface area contributed by atoms with Crippen molar-refractivity contribution in [2.45, 2.75) is 380 Å². The van der Waals surface area contributed by atoms with Gasteiger partial charge in [-0.1, -0.05) is 289 Å². The average molecular weight is 2080 g/mol. The number of hydrogen-bond donors (Lipinski definition) is 0. The average Bonchev–Trinajstić information content (AvgIpc) is 1.54. The number of benzene rings is 2. The molecule has 11 fully saturated rings. The van der Waals surface area contributed by atoms with Crippen molar-refractivity contribution in [3.05, 3.63) is 90.8 Å². The van der Waals surface area contributed by atoms with E-state index >= 15 is 0 Å². The zero-order valence-electron chi connectivity index (χ0n) is 100. The number of anilines is 2. The van der Waals surface area contributed by atoms with Crippen LogP contribution >= 0.6 is 0 Å². The summed E-state index contributed by atoms with van der Waals surface area (Å²) in [5.41, 5.74) is 1.61. The molecule has 11 aliphatic rings. The molecule has 25 nitrogen and oxygen atoms in total. The van der Waals surface area contributed by atoms with Crippen molar-refractivity contribution in [3.8, 4) is 0 Å². The van der Waals surface area contributed by atoms with Crippen LogP contribution in [0.25, 0.3) is 0 Å². The standard InChI is InChI=1S/C15H22N2O.C15H28N2O.2C15H22N2O.C14H24N2O2.C14H27NO.C13H25NO.C12H23NO2.C11H21NO/c1-15(2,3)14(18)17-9-6-12(7-10-17)13-5-4-8-16-11-13;1-15(2,3)14(18)17-11-7-13(8-12-17)16-9-5-4-6-10-16;2*1-15(2,3)14(18)17-11-9-16(10-12-17)13-7-5-4-6-8-13;1-14(2,3)13(18)15-9-6-11(7-10-15)16-8-4-5-12(16)17;1-5-6-7-12-8-10-15(11-9-12)13(16)14(2,3)4;1-5-6-11-7-9-14(10-8-11)12(15)13(2,3)4;1-12(2,3)11(14)13-7-5-10(6-8-13)9-15-4;1-9-5-7-12(8-6-9)10(13)11(2,3)4/h4-5,8,11-12H,6-7,9-10H2,1-3H3;13H,4-12H2,1-3H3;2*4-8H,9-12H2,1-3H3;11H,4-10H2,1-3H3;12H,5-11H2,1-4H3;11H,5-10H2,1-4H3;10H,5-9H2,1-4H3;9H,5-8H2,1-4H3. The van der Waals surface area contributed by atoms with E-state index in [1.807, 2.05) is 257 Å². The Morgan fingerprint density at radius 2 is 0.591 bits per heavy atom. The number of likely N-dealkylation sites (tertiary alicyclic amines) is 9. The largest absolute Gasteiger partial charge is 0.384 e. The highest BCUT2D eigenvalue weighted by Gasteiger charge is 2.41. The van der Waals surface area contributed by atoms with Crippen molar-refractivity contribution in [2.24, 2.45) is 72.4 Å². The number of carbonyl (C=O) groups excluding carboxylic acids is 10. The Labute approximate surface area is 906 Å². The van der Waals surface area contributed by atoms with Gasteiger partial charge in [0.15, 0.2) is 0 Å². The summed E-state index contributed by atoms with van der Waals surface area (Å²) in [6.07, 6.45) is 31.8. The molecule has 0 unspecified atom stereocenters. The Morgan fingerprint density at radius 1 is 0.302 bits per heavy atom. The molecule has 12 heterocycles. The van der Waals surface area contributed by atoms with Crippen LogP contribution in [0, 0.1) is 72.4 Å². The molecule has 0 N–H and O–H groups in total. The molecule has 3 aromatic rings. The van der Waals surface area contributed by atoms with Crippen LogP contribution in [-0.2, 0) is 52.7 Å². The zero-order valence-corrected chi connectivity index (χ0v) is 100. The third-order valence-corrected chi connectivity index (χ3v) is 30.9. The number of pyridine rings is 1. The van der Waals surface area contributed by atoms with Gasteiger partial charge in [-0.2, -0.15) is 0 Å². The molecule has 0 atom stereocenters. The van der Waals surface area contributed by atoms with Gasteiger partial charge in [-0.3, -0.25) is 52.9 Å². The number of methoxy groups -OCH3 is 1. The zero-order chi connectivity index (χ0) is 111. The van der Waals surface area contributed by atoms with Crippen LogP contribution in [0.1, 0.15) is 373 Å². The third-order valence-electron chi connectivity index (χ3n) is 30.9. The van der Waals surface area contributed by atoms with Gasteiger partial charge in [0.2, 0.25) is 59.1 Å². The number of aromatic nitrogens is 1. The Hall–Kier alpha value is -8.19. The molecular weight excluding hydrogens is 1860 g/mol. The minimum absolute atomic E-state index is 0.208. The lowest BCUT2D eigenvalue weighted by molar-refractivity contribution is -0.142. The number of unbranched alkanes of at least 4 members (excludes halogenated alkanes) is 1. The summed E-state index contributed by atoms with van der Waals surface area (Å²) < 4.78 is 5.14. The van der Waals surface area contributed by atoms with Gasteiger partial charge >= 0.3 is 0 Å². The number of hydrogen-bond acceptors (Lipinski definition) is 15. The van der Waals surface area contributed by atoms with Gasteiger partial charge in [-0.25, -0.2) is 0 Å². The number of para-hydroxylation sites is 2. The number of amides is 10. The molecule has 14 rings (SSSR count). The maximum absolute atomic E-state index is 12.2. The summed E-state index contributed by atoms with van der Waals surface area (Å²) in [5, 5.41) is 0. The number of rotatable bonds is 12. The highest BCUT2D eigenvalue weighted by Crippen LogP contribution is 2.36. The summed E-state index contributed by atoms with van der Waals surface area (Å²) in [6, 6.07) is 26.0. The van der Waals surface area contributed by atoms with Crippen LogP contribution < -0.4 is 9.80 Å². The smallest absolute Gasteiger partial charge is 0.228 e. The molecular formula is C124H214N14O11. The van der Waals surface area contributed by atoms with Crippen molar-refractivity contribution in [3.63, 3.8) is 0 Å². The predicted molar refractivity (Wildman–Crippen MR) is 613 cm³/mol. The van der Waals surface area contributed by atoms with E-state index in [1.165, 1.54) is 133 Å². The molecule has 149 heavy (non-hydrogen) atoms. The summed E-state index contributed by atoms with van der Waals surface area (Å²) in [6.45, 7) is 84.7. The van der Waals surface area contributed by atoms with Crippen molar-refractivity contribution in [1.82, 2.24) is 58.9 Å². The Kier molecular flexibility index (Phi) is 52.7. The maximum atomic E-state index is 12.2. The van der Waals surface area contributed by atoms with Gasteiger partial charge in [0.05, 0.1) is 0 Å². The van der Waals surface area contributed by atoms with Crippen molar-refractivity contribution in [1.29, 1.82) is 0 Å². The van der Waals surface area contributed by atoms with E-state index in [4.69, 9.17) is 4.74 Å². The van der Waals surface area contributed by atoms with E-state index in [-0.39, 0.29) is 78.3 Å². The summed E-state index contributed by atoms with van der Waals surface area (Å²) in [7, 11) is 1.74. The van der Waals surface area contributed by atoms with E-state index in [0.717, 1.165) is 226 Å². The van der Waals surface area contributed by atoms with Crippen molar-refractivity contribution >= 4 is 70.4 Å². The van der Waals surface area contributed by atoms with Crippen molar-refractivity contribution < 1.29 is 52.7 Å². The minimum Gasteiger partial charge on any atom is -0.384 e. The second kappa shape index (κ2) is 60.6. The van der Waals surface area contributed by atoms with E-state index in [2.05, 4.69) is 105 Å². The summed E-state index contributed by atoms with van der Waals surface area (Å²) in [5.74, 6) is 6.58. The highest BCUT2D eigenvalue weighted by atomic mass is 16.5. The maximum Gasteiger partial charge on any atom is 0.228 e. The number of carbonyl (C=O) groups is 10. The lowest BCUT2D eigenvalue weighted by Crippen LogP contribution is -2.51. The lowest BCUT2D eigenvalue weighted by Gasteiger charge is -2.41. The molecule has 11 saturated heterocycles. The molecule has 0 saturated carbocycles. The van der Waals surface area contributed by atoms with Crippen molar-refractivity contribution in [2.75, 3.05) is 187 Å². The van der Waals surface area contributed by atoms with Crippen LogP contribution in [0.15, 0.2) is 85.2 Å². The Bertz CT molecular complexity index is 4170. The second-order valence-electron chi connectivity index (χ2n) is 53.7. The van der Waals surface area contributed by atoms with Gasteiger partial charge in [-0.15, -0.1) is 0 Å². The van der Waals surface area contributed by atoms with Crippen LogP contribution in [0.3, 0.4) is 0 Å². The van der Waals surface area contributed by atoms with Gasteiger partial charge in [0.25, 0.3) is 0 Å². The van der Waals surface area contributed by atoms with E-state index < -0.39 is 0 Å². The third kappa shape index (κ3) is 44.7. The first-order chi connectivity index (χ1) is 69.6. The van der Waals surface area contributed by atoms with Crippen LogP contribution in [0.2, 0.25) is 0 Å². The molecule has 1 aromatic heterocycles. The van der Waals surface area contributed by atoms with E-state index in [1.54, 1.807) is 7.11 Å². The summed E-state index contributed by atoms with van der Waals surface area (Å²) >= 11 is 0. The first kappa shape index (κ1) is 129. The molecule has 11 aliphatic heterocycles. The van der Waals surface area contributed by atoms with E-state index in [0.29, 0.717) is 53.8 Å². The number of nitrogens with zero attached hydrogens (tertiary/aromatic N) is 14. The lowest BCUT2D eigenvalue weighted by atomic mass is 9.88. The monoisotopic (exact) mass is 2080 g/mol. The second-order valence-corrected chi connectivity index (χ2v) is 53.7. The summed E-state index contributed by atoms with van der Waals surface area (Å²) in [4.78, 5) is 152. The number of piperidine rings is 8. The van der Waals surface area contributed by atoms with Gasteiger partial charge in [0, 0.05) is 255 Å². The highest BCUT2D eigenvalue weighted by molar-refractivity contribution is 5.86. The number of piperazine rings is 2. The molecule has 2 aromatic carbocycles. The molecule has 846 valence electrons. The molecule has 0 aliphatic carbocycles. The molecule has 0 radical (unpaired) electrons. The van der Waals surface area contributed by atoms with E-state index in [9.17, 15) is 47.9 Å². The fourth-order valence-electron chi connectivity index (χ4n) is 21.6. The topological polar surface area (TPSA) is 235 Å². The van der Waals surface area contributed by atoms with Gasteiger partial charge in [-0.05, 0) is 188 Å². The first-order valence-corrected chi connectivity index (χ1v) is 58.2. The Balaban J connectivity index is 0.000000256. The molecule has 25 heteroatoms. The normalized spacial score (nSPS) is 19.6. The SMILES string of the molecule is CC(C)(C)C(=O)N1CCC(N2CCCC2=O)CC1.CC(C)(C)C(=O)N1CCC(N2CCCCC2)CC1.CC(C)(C)C(=O)N1CCC(c2cccnc2)CC1.CC(C)(C)C(=O)N1CCN(c2ccccc2)CC1.CC(C)(C)C(=O)N1CCN(c2ccccc2)CC1.CC1CCN(C(=O)C(C)(C)C)CC1.CCCC1CCN(C(=O)C(C)(C)C)CC1.CCCCC1CCN(C(=O)C(C)(C)C)CC1.COCC1CCN(C(=O)C(C)(C)C)CC1. The quantitative estimate of drug-likeness (QED) is 0.164. The Morgan fingerprint density at radius 3 is 0.872 bits per heavy atom. The minimum atomic E-state index is -0.295. The number of ether oxygens (including phenoxy) is 1. The van der Waals surface area contributed by atoms with Crippen LogP contribution in [0.4, 0.5) is 11.4 Å². The van der Waals surface area contributed by atoms with Gasteiger partial charge < -0.3 is 68.4 Å². The first-order valence-electron chi connectivity index (χ1n) is 58.2. The molecule has 0 bridgehead atoms.